The summed E-state index contributed by atoms with van der Waals surface area (Å²) in [7, 11) is 3.84. The highest BCUT2D eigenvalue weighted by atomic mass is 127. The number of hydrogen-bond donors (Lipinski definition) is 2. The van der Waals surface area contributed by atoms with Crippen LogP contribution in [0.3, 0.4) is 0 Å². The Morgan fingerprint density at radius 3 is 2.59 bits per heavy atom. The van der Waals surface area contributed by atoms with Gasteiger partial charge in [0.15, 0.2) is 5.96 Å². The van der Waals surface area contributed by atoms with E-state index in [1.54, 1.807) is 7.05 Å². The number of halogens is 2. The molecule has 0 saturated heterocycles. The lowest BCUT2D eigenvalue weighted by atomic mass is 10.1. The van der Waals surface area contributed by atoms with Crippen LogP contribution in [0.1, 0.15) is 16.7 Å². The second-order valence-electron chi connectivity index (χ2n) is 7.08. The summed E-state index contributed by atoms with van der Waals surface area (Å²) in [6.07, 6.45) is 1.95. The average Bonchev–Trinajstić information content (AvgIpc) is 3.16. The topological polar surface area (TPSA) is 48.9 Å². The quantitative estimate of drug-likeness (QED) is 0.324. The maximum absolute atomic E-state index is 13.0. The van der Waals surface area contributed by atoms with Gasteiger partial charge in [0.2, 0.25) is 0 Å². The van der Waals surface area contributed by atoms with Gasteiger partial charge in [0.1, 0.15) is 11.6 Å². The van der Waals surface area contributed by atoms with Crippen molar-refractivity contribution in [3.8, 4) is 5.75 Å². The third-order valence-electron chi connectivity index (χ3n) is 4.84. The third-order valence-corrected chi connectivity index (χ3v) is 4.84. The zero-order chi connectivity index (χ0) is 19.8. The van der Waals surface area contributed by atoms with Crippen molar-refractivity contribution in [1.29, 1.82) is 0 Å². The molecule has 0 radical (unpaired) electrons. The van der Waals surface area contributed by atoms with Crippen molar-refractivity contribution < 1.29 is 9.13 Å². The van der Waals surface area contributed by atoms with Crippen LogP contribution in [0.25, 0.3) is 0 Å². The number of rotatable bonds is 8. The molecule has 2 N–H and O–H groups in total. The van der Waals surface area contributed by atoms with Crippen LogP contribution >= 0.6 is 24.0 Å². The molecule has 0 saturated carbocycles. The number of aliphatic imine (C=N–C) groups is 1. The number of guanidine groups is 1. The van der Waals surface area contributed by atoms with Gasteiger partial charge in [0.05, 0.1) is 6.61 Å². The molecule has 1 heterocycles. The summed E-state index contributed by atoms with van der Waals surface area (Å²) in [6, 6.07) is 13.1. The lowest BCUT2D eigenvalue weighted by Crippen LogP contribution is -2.41. The number of ether oxygens (including phenoxy) is 1. The molecule has 0 fully saturated rings. The molecule has 3 rings (SSSR count). The van der Waals surface area contributed by atoms with Gasteiger partial charge in [-0.3, -0.25) is 4.99 Å². The molecule has 2 aromatic carbocycles. The van der Waals surface area contributed by atoms with Gasteiger partial charge in [0.25, 0.3) is 0 Å². The Hall–Kier alpha value is -1.87. The van der Waals surface area contributed by atoms with E-state index in [4.69, 9.17) is 4.74 Å². The molecule has 0 atom stereocenters. The molecule has 0 bridgehead atoms. The van der Waals surface area contributed by atoms with Crippen LogP contribution in [0, 0.1) is 5.82 Å². The normalized spacial score (nSPS) is 12.9. The molecule has 5 nitrogen and oxygen atoms in total. The Kier molecular flexibility index (Phi) is 9.66. The molecule has 2 aromatic rings. The summed E-state index contributed by atoms with van der Waals surface area (Å²) in [5, 5.41) is 6.70. The van der Waals surface area contributed by atoms with Gasteiger partial charge in [-0.25, -0.2) is 4.39 Å². The lowest BCUT2D eigenvalue weighted by molar-refractivity contribution is 0.331. The van der Waals surface area contributed by atoms with Gasteiger partial charge >= 0.3 is 0 Å². The van der Waals surface area contributed by atoms with Crippen LogP contribution in [0.2, 0.25) is 0 Å². The summed E-state index contributed by atoms with van der Waals surface area (Å²) in [5.41, 5.74) is 3.72. The Morgan fingerprint density at radius 1 is 1.10 bits per heavy atom. The molecule has 158 valence electrons. The van der Waals surface area contributed by atoms with E-state index in [1.165, 1.54) is 23.3 Å². The van der Waals surface area contributed by atoms with Gasteiger partial charge in [-0.2, -0.15) is 0 Å². The fourth-order valence-corrected chi connectivity index (χ4v) is 3.29. The maximum atomic E-state index is 13.0. The number of likely N-dealkylation sites (N-methyl/N-ethyl adjacent to an activating group) is 1. The van der Waals surface area contributed by atoms with E-state index in [9.17, 15) is 4.39 Å². The lowest BCUT2D eigenvalue weighted by Gasteiger charge is -2.18. The Labute approximate surface area is 189 Å². The predicted octanol–water partition coefficient (Wildman–Crippen LogP) is 3.22. The van der Waals surface area contributed by atoms with Crippen LogP contribution in [-0.4, -0.2) is 51.2 Å². The van der Waals surface area contributed by atoms with Crippen molar-refractivity contribution in [2.45, 2.75) is 19.4 Å². The molecular weight excluding hydrogens is 482 g/mol. The predicted molar refractivity (Wildman–Crippen MR) is 127 cm³/mol. The second kappa shape index (κ2) is 12.0. The first-order chi connectivity index (χ1) is 13.6. The molecule has 0 unspecified atom stereocenters. The molecule has 0 aliphatic carbocycles. The van der Waals surface area contributed by atoms with Gasteiger partial charge < -0.3 is 20.3 Å². The minimum Gasteiger partial charge on any atom is -0.493 e. The first kappa shape index (κ1) is 23.4. The molecule has 1 aliphatic rings. The van der Waals surface area contributed by atoms with Crippen molar-refractivity contribution in [2.75, 3.05) is 40.3 Å². The molecule has 7 heteroatoms. The van der Waals surface area contributed by atoms with Crippen LogP contribution in [-0.2, 0) is 19.4 Å². The highest BCUT2D eigenvalue weighted by Crippen LogP contribution is 2.25. The number of nitrogens with zero attached hydrogens (tertiary/aromatic N) is 2. The zero-order valence-electron chi connectivity index (χ0n) is 17.1. The summed E-state index contributed by atoms with van der Waals surface area (Å²) in [5.74, 6) is 1.63. The molecule has 0 aromatic heterocycles. The maximum Gasteiger partial charge on any atom is 0.191 e. The number of fused-ring (bicyclic) bond motifs is 1. The highest BCUT2D eigenvalue weighted by molar-refractivity contribution is 14.0. The summed E-state index contributed by atoms with van der Waals surface area (Å²) in [6.45, 7) is 4.06. The summed E-state index contributed by atoms with van der Waals surface area (Å²) in [4.78, 5) is 6.48. The minimum absolute atomic E-state index is 0. The van der Waals surface area contributed by atoms with E-state index in [-0.39, 0.29) is 29.8 Å². The van der Waals surface area contributed by atoms with Crippen molar-refractivity contribution in [2.24, 2.45) is 4.99 Å². The van der Waals surface area contributed by atoms with Crippen LogP contribution in [0.5, 0.6) is 5.75 Å². The first-order valence-electron chi connectivity index (χ1n) is 9.76. The SMILES string of the molecule is CN=C(NCCc1ccc2c(c1)CCO2)NCCN(C)Cc1ccc(F)cc1.I. The van der Waals surface area contributed by atoms with E-state index >= 15 is 0 Å². The van der Waals surface area contributed by atoms with E-state index < -0.39 is 0 Å². The fourth-order valence-electron chi connectivity index (χ4n) is 3.29. The van der Waals surface area contributed by atoms with E-state index in [0.29, 0.717) is 0 Å². The largest absolute Gasteiger partial charge is 0.493 e. The van der Waals surface area contributed by atoms with E-state index in [1.807, 2.05) is 12.1 Å². The monoisotopic (exact) mass is 512 g/mol. The van der Waals surface area contributed by atoms with E-state index in [2.05, 4.69) is 45.8 Å². The first-order valence-corrected chi connectivity index (χ1v) is 9.76. The van der Waals surface area contributed by atoms with Crippen molar-refractivity contribution in [3.63, 3.8) is 0 Å². The average molecular weight is 512 g/mol. The van der Waals surface area contributed by atoms with E-state index in [0.717, 1.165) is 62.9 Å². The van der Waals surface area contributed by atoms with Crippen LogP contribution in [0.15, 0.2) is 47.5 Å². The number of hydrogen-bond acceptors (Lipinski definition) is 3. The Morgan fingerprint density at radius 2 is 1.83 bits per heavy atom. The summed E-state index contributed by atoms with van der Waals surface area (Å²) < 4.78 is 18.5. The number of benzene rings is 2. The highest BCUT2D eigenvalue weighted by Gasteiger charge is 2.11. The second-order valence-corrected chi connectivity index (χ2v) is 7.08. The van der Waals surface area contributed by atoms with Gasteiger partial charge in [-0.15, -0.1) is 24.0 Å². The Bertz CT molecular complexity index is 798. The Balaban J connectivity index is 0.00000300. The van der Waals surface area contributed by atoms with Crippen molar-refractivity contribution >= 4 is 29.9 Å². The van der Waals surface area contributed by atoms with Crippen molar-refractivity contribution in [3.05, 3.63) is 65.0 Å². The number of nitrogens with one attached hydrogen (secondary N) is 2. The molecule has 0 spiro atoms. The smallest absolute Gasteiger partial charge is 0.191 e. The summed E-state index contributed by atoms with van der Waals surface area (Å²) >= 11 is 0. The van der Waals surface area contributed by atoms with Crippen LogP contribution in [0.4, 0.5) is 4.39 Å². The van der Waals surface area contributed by atoms with Gasteiger partial charge in [-0.05, 0) is 48.4 Å². The van der Waals surface area contributed by atoms with Crippen molar-refractivity contribution in [1.82, 2.24) is 15.5 Å². The molecule has 29 heavy (non-hydrogen) atoms. The zero-order valence-corrected chi connectivity index (χ0v) is 19.4. The third kappa shape index (κ3) is 7.47. The van der Waals surface area contributed by atoms with Crippen LogP contribution < -0.4 is 15.4 Å². The standard InChI is InChI=1S/C22H29FN4O.HI/c1-24-22(25-11-9-17-5-8-21-19(15-17)10-14-28-21)26-12-13-27(2)16-18-3-6-20(23)7-4-18;/h3-8,15H,9-14,16H2,1-2H3,(H2,24,25,26);1H. The van der Waals surface area contributed by atoms with Gasteiger partial charge in [-0.1, -0.05) is 24.3 Å². The fraction of sp³-hybridized carbons (Fsp3) is 0.409. The van der Waals surface area contributed by atoms with Gasteiger partial charge in [0, 0.05) is 39.6 Å². The molecule has 0 amide bonds. The minimum atomic E-state index is -0.198. The molecule has 1 aliphatic heterocycles. The molecular formula is C22H30FIN4O.